The van der Waals surface area contributed by atoms with Crippen molar-refractivity contribution in [1.29, 1.82) is 0 Å². The summed E-state index contributed by atoms with van der Waals surface area (Å²) in [6.07, 6.45) is 8.25. The van der Waals surface area contributed by atoms with E-state index in [-0.39, 0.29) is 27.8 Å². The van der Waals surface area contributed by atoms with Crippen molar-refractivity contribution in [2.75, 3.05) is 0 Å². The van der Waals surface area contributed by atoms with E-state index < -0.39 is 0 Å². The fourth-order valence-corrected chi connectivity index (χ4v) is 0.719. The van der Waals surface area contributed by atoms with Crippen molar-refractivity contribution in [1.82, 2.24) is 0 Å². The van der Waals surface area contributed by atoms with Gasteiger partial charge in [-0.25, -0.2) is 6.08 Å². The topological polar surface area (TPSA) is 9.23 Å². The minimum atomic E-state index is 0. The van der Waals surface area contributed by atoms with Gasteiger partial charge in [-0.05, 0) is 13.8 Å². The second kappa shape index (κ2) is 4.76. The summed E-state index contributed by atoms with van der Waals surface area (Å²) in [6, 6.07) is 0. The molecule has 0 bridgehead atoms. The van der Waals surface area contributed by atoms with Crippen LogP contribution >= 0.6 is 0 Å². The summed E-state index contributed by atoms with van der Waals surface area (Å²) < 4.78 is 5.33. The average Bonchev–Trinajstić information content (AvgIpc) is 2.15. The molecular formula is C8H11OTi-. The van der Waals surface area contributed by atoms with Gasteiger partial charge in [0, 0.05) is 21.7 Å². The fourth-order valence-electron chi connectivity index (χ4n) is 0.719. The molecule has 0 aromatic rings. The van der Waals surface area contributed by atoms with Gasteiger partial charge in [0.15, 0.2) is 0 Å². The Morgan fingerprint density at radius 1 is 1.60 bits per heavy atom. The van der Waals surface area contributed by atoms with E-state index in [1.54, 1.807) is 0 Å². The second-order valence-electron chi connectivity index (χ2n) is 2.31. The van der Waals surface area contributed by atoms with E-state index in [4.69, 9.17) is 4.74 Å². The van der Waals surface area contributed by atoms with E-state index in [1.807, 2.05) is 26.0 Å². The third-order valence-corrected chi connectivity index (χ3v) is 1.03. The van der Waals surface area contributed by atoms with Crippen molar-refractivity contribution in [3.8, 4) is 0 Å². The van der Waals surface area contributed by atoms with E-state index >= 15 is 0 Å². The molecular weight excluding hydrogens is 160 g/mol. The van der Waals surface area contributed by atoms with E-state index in [1.165, 1.54) is 0 Å². The van der Waals surface area contributed by atoms with E-state index in [0.717, 1.165) is 12.2 Å². The Morgan fingerprint density at radius 3 is 2.70 bits per heavy atom. The standard InChI is InChI=1S/C8H11O.Ti/c1-7(2)9-8-5-3-4-6-8;/h3,5,7H,4H2,1-2H3;/q-1;. The number of ether oxygens (including phenoxy) is 1. The first-order valence-electron chi connectivity index (χ1n) is 3.23. The molecule has 0 aromatic carbocycles. The van der Waals surface area contributed by atoms with Crippen LogP contribution in [0.4, 0.5) is 0 Å². The summed E-state index contributed by atoms with van der Waals surface area (Å²) in [5.41, 5.74) is 0. The molecule has 0 spiro atoms. The zero-order valence-corrected chi connectivity index (χ0v) is 7.91. The van der Waals surface area contributed by atoms with Crippen molar-refractivity contribution in [2.24, 2.45) is 0 Å². The quantitative estimate of drug-likeness (QED) is 0.456. The van der Waals surface area contributed by atoms with Gasteiger partial charge in [-0.15, -0.1) is 6.42 Å². The molecule has 1 rings (SSSR count). The Bertz CT molecular complexity index is 147. The molecule has 0 saturated carbocycles. The summed E-state index contributed by atoms with van der Waals surface area (Å²) in [5.74, 6) is 0.894. The molecule has 0 aromatic heterocycles. The predicted molar refractivity (Wildman–Crippen MR) is 36.7 cm³/mol. The molecule has 10 heavy (non-hydrogen) atoms. The summed E-state index contributed by atoms with van der Waals surface area (Å²) in [5, 5.41) is 0. The number of rotatable bonds is 2. The zero-order chi connectivity index (χ0) is 6.69. The normalized spacial score (nSPS) is 14.9. The van der Waals surface area contributed by atoms with Crippen LogP contribution in [-0.2, 0) is 26.5 Å². The number of allylic oxidation sites excluding steroid dienone is 3. The van der Waals surface area contributed by atoms with Crippen molar-refractivity contribution in [2.45, 2.75) is 26.4 Å². The molecule has 0 heterocycles. The predicted octanol–water partition coefficient (Wildman–Crippen LogP) is 2.06. The molecule has 0 radical (unpaired) electrons. The smallest absolute Gasteiger partial charge is 0.0884 e. The van der Waals surface area contributed by atoms with Gasteiger partial charge in [-0.3, -0.25) is 0 Å². The molecule has 1 aliphatic rings. The third-order valence-electron chi connectivity index (χ3n) is 1.03. The largest absolute Gasteiger partial charge is 0.529 e. The van der Waals surface area contributed by atoms with Gasteiger partial charge in [-0.1, -0.05) is 5.76 Å². The first-order valence-corrected chi connectivity index (χ1v) is 3.23. The van der Waals surface area contributed by atoms with Gasteiger partial charge < -0.3 is 4.74 Å². The van der Waals surface area contributed by atoms with Crippen LogP contribution in [0.25, 0.3) is 0 Å². The molecule has 0 atom stereocenters. The molecule has 0 amide bonds. The molecule has 1 aliphatic carbocycles. The van der Waals surface area contributed by atoms with Crippen molar-refractivity contribution < 1.29 is 26.5 Å². The fraction of sp³-hybridized carbons (Fsp3) is 0.500. The minimum absolute atomic E-state index is 0. The molecule has 2 heteroatoms. The second-order valence-corrected chi connectivity index (χ2v) is 2.31. The maximum absolute atomic E-state index is 5.33. The minimum Gasteiger partial charge on any atom is -0.529 e. The van der Waals surface area contributed by atoms with Crippen molar-refractivity contribution in [3.05, 3.63) is 24.0 Å². The van der Waals surface area contributed by atoms with Crippen LogP contribution in [-0.4, -0.2) is 6.10 Å². The third kappa shape index (κ3) is 3.24. The average molecular weight is 171 g/mol. The molecule has 0 aliphatic heterocycles. The summed E-state index contributed by atoms with van der Waals surface area (Å²) >= 11 is 0. The molecule has 0 saturated heterocycles. The number of hydrogen-bond donors (Lipinski definition) is 0. The van der Waals surface area contributed by atoms with Crippen molar-refractivity contribution >= 4 is 0 Å². The van der Waals surface area contributed by atoms with Gasteiger partial charge in [0.25, 0.3) is 0 Å². The first-order chi connectivity index (χ1) is 4.29. The SMILES string of the molecule is CC(C)OC1=[C-]CC=C1.[Ti]. The Morgan fingerprint density at radius 2 is 2.30 bits per heavy atom. The maximum atomic E-state index is 5.33. The van der Waals surface area contributed by atoms with Crippen LogP contribution in [0.5, 0.6) is 0 Å². The van der Waals surface area contributed by atoms with Gasteiger partial charge >= 0.3 is 0 Å². The molecule has 54 valence electrons. The van der Waals surface area contributed by atoms with Crippen LogP contribution in [0.3, 0.4) is 0 Å². The Hall–Kier alpha value is -0.00571. The van der Waals surface area contributed by atoms with Crippen molar-refractivity contribution in [3.63, 3.8) is 0 Å². The van der Waals surface area contributed by atoms with Gasteiger partial charge in [0.1, 0.15) is 0 Å². The van der Waals surface area contributed by atoms with E-state index in [0.29, 0.717) is 0 Å². The van der Waals surface area contributed by atoms with E-state index in [9.17, 15) is 0 Å². The molecule has 0 fully saturated rings. The summed E-state index contributed by atoms with van der Waals surface area (Å²) in [6.45, 7) is 4.03. The van der Waals surface area contributed by atoms with Crippen LogP contribution in [0.2, 0.25) is 0 Å². The first kappa shape index (κ1) is 9.99. The Balaban J connectivity index is 0.000000810. The van der Waals surface area contributed by atoms with E-state index in [2.05, 4.69) is 6.08 Å². The van der Waals surface area contributed by atoms with Gasteiger partial charge in [-0.2, -0.15) is 12.2 Å². The van der Waals surface area contributed by atoms with Crippen LogP contribution in [0, 0.1) is 6.08 Å². The van der Waals surface area contributed by atoms with Crippen LogP contribution in [0.15, 0.2) is 17.9 Å². The van der Waals surface area contributed by atoms with Gasteiger partial charge in [0.2, 0.25) is 0 Å². The molecule has 0 unspecified atom stereocenters. The number of hydrogen-bond acceptors (Lipinski definition) is 1. The monoisotopic (exact) mass is 171 g/mol. The molecule has 0 N–H and O–H groups in total. The van der Waals surface area contributed by atoms with Gasteiger partial charge in [0.05, 0.1) is 6.10 Å². The summed E-state index contributed by atoms with van der Waals surface area (Å²) in [4.78, 5) is 0. The van der Waals surface area contributed by atoms with Crippen LogP contribution < -0.4 is 0 Å². The maximum Gasteiger partial charge on any atom is 0.0884 e. The zero-order valence-electron chi connectivity index (χ0n) is 6.35. The molecule has 1 nitrogen and oxygen atoms in total. The van der Waals surface area contributed by atoms with Crippen LogP contribution in [0.1, 0.15) is 20.3 Å². The summed E-state index contributed by atoms with van der Waals surface area (Å²) in [7, 11) is 0. The Kier molecular flexibility index (Phi) is 4.75. The Labute approximate surface area is 77.0 Å².